The highest BCUT2D eigenvalue weighted by molar-refractivity contribution is 6.31. The number of hydrogen-bond donors (Lipinski definition) is 0. The number of benzene rings is 1. The number of ether oxygens (including phenoxy) is 1. The van der Waals surface area contributed by atoms with E-state index in [1.54, 1.807) is 0 Å². The molecule has 4 heteroatoms. The van der Waals surface area contributed by atoms with Crippen LogP contribution in [0.15, 0.2) is 12.1 Å². The zero-order chi connectivity index (χ0) is 10.1. The van der Waals surface area contributed by atoms with Crippen molar-refractivity contribution in [1.29, 1.82) is 0 Å². The van der Waals surface area contributed by atoms with Crippen LogP contribution in [0.3, 0.4) is 0 Å². The molecule has 0 aromatic heterocycles. The maximum Gasteiger partial charge on any atom is 0.186 e. The van der Waals surface area contributed by atoms with Crippen LogP contribution >= 0.6 is 11.6 Å². The molecule has 0 bridgehead atoms. The highest BCUT2D eigenvalue weighted by atomic mass is 35.5. The molecule has 14 heavy (non-hydrogen) atoms. The van der Waals surface area contributed by atoms with Gasteiger partial charge in [0.05, 0.1) is 6.61 Å². The lowest BCUT2D eigenvalue weighted by atomic mass is 10.3. The molecule has 1 saturated carbocycles. The van der Waals surface area contributed by atoms with Crippen LogP contribution < -0.4 is 4.74 Å². The Labute approximate surface area is 85.6 Å². The van der Waals surface area contributed by atoms with Crippen molar-refractivity contribution >= 4 is 11.6 Å². The molecule has 1 fully saturated rings. The minimum atomic E-state index is -0.813. The Kier molecular flexibility index (Phi) is 2.59. The van der Waals surface area contributed by atoms with Gasteiger partial charge in [0.15, 0.2) is 11.6 Å². The van der Waals surface area contributed by atoms with Crippen LogP contribution in [-0.4, -0.2) is 6.61 Å². The van der Waals surface area contributed by atoms with E-state index < -0.39 is 16.7 Å². The van der Waals surface area contributed by atoms with Crippen molar-refractivity contribution in [3.8, 4) is 5.75 Å². The predicted octanol–water partition coefficient (Wildman–Crippen LogP) is 3.41. The van der Waals surface area contributed by atoms with E-state index in [9.17, 15) is 8.78 Å². The minimum Gasteiger partial charge on any atom is -0.490 e. The van der Waals surface area contributed by atoms with Crippen molar-refractivity contribution in [2.45, 2.75) is 12.8 Å². The Morgan fingerprint density at radius 1 is 1.36 bits per heavy atom. The SMILES string of the molecule is Fc1ccc(OCC2CC2)c(F)c1Cl. The van der Waals surface area contributed by atoms with E-state index in [1.807, 2.05) is 0 Å². The monoisotopic (exact) mass is 218 g/mol. The Morgan fingerprint density at radius 2 is 2.07 bits per heavy atom. The minimum absolute atomic E-state index is 0.0308. The second-order valence-electron chi connectivity index (χ2n) is 3.43. The highest BCUT2D eigenvalue weighted by Crippen LogP contribution is 2.32. The van der Waals surface area contributed by atoms with Gasteiger partial charge in [0, 0.05) is 0 Å². The first kappa shape index (κ1) is 9.71. The van der Waals surface area contributed by atoms with E-state index in [0.29, 0.717) is 12.5 Å². The van der Waals surface area contributed by atoms with Gasteiger partial charge >= 0.3 is 0 Å². The van der Waals surface area contributed by atoms with Crippen molar-refractivity contribution in [3.05, 3.63) is 28.8 Å². The average molecular weight is 219 g/mol. The number of halogens is 3. The fourth-order valence-electron chi connectivity index (χ4n) is 1.11. The maximum absolute atomic E-state index is 13.2. The van der Waals surface area contributed by atoms with Crippen molar-refractivity contribution < 1.29 is 13.5 Å². The molecule has 1 aromatic carbocycles. The molecule has 0 N–H and O–H groups in total. The van der Waals surface area contributed by atoms with Gasteiger partial charge in [-0.25, -0.2) is 8.78 Å². The zero-order valence-corrected chi connectivity index (χ0v) is 8.15. The molecule has 0 spiro atoms. The van der Waals surface area contributed by atoms with Gasteiger partial charge in [-0.2, -0.15) is 0 Å². The first-order chi connectivity index (χ1) is 6.68. The first-order valence-corrected chi connectivity index (χ1v) is 4.82. The molecule has 0 aliphatic heterocycles. The topological polar surface area (TPSA) is 9.23 Å². The van der Waals surface area contributed by atoms with Crippen LogP contribution in [0.5, 0.6) is 5.75 Å². The molecule has 1 aliphatic rings. The summed E-state index contributed by atoms with van der Waals surface area (Å²) in [6.07, 6.45) is 2.24. The molecular formula is C10H9ClF2O. The summed E-state index contributed by atoms with van der Waals surface area (Å²) >= 11 is 5.38. The second-order valence-corrected chi connectivity index (χ2v) is 3.81. The molecule has 0 unspecified atom stereocenters. The Morgan fingerprint density at radius 3 is 2.71 bits per heavy atom. The summed E-state index contributed by atoms with van der Waals surface area (Å²) in [4.78, 5) is 0. The summed E-state index contributed by atoms with van der Waals surface area (Å²) in [6, 6.07) is 2.37. The van der Waals surface area contributed by atoms with Crippen molar-refractivity contribution in [3.63, 3.8) is 0 Å². The summed E-state index contributed by atoms with van der Waals surface area (Å²) in [5.41, 5.74) is 0. The maximum atomic E-state index is 13.2. The van der Waals surface area contributed by atoms with Gasteiger partial charge in [-0.3, -0.25) is 0 Å². The Hall–Kier alpha value is -0.830. The Balaban J connectivity index is 2.11. The molecule has 0 atom stereocenters. The lowest BCUT2D eigenvalue weighted by Gasteiger charge is -2.07. The van der Waals surface area contributed by atoms with E-state index in [0.717, 1.165) is 18.9 Å². The fourth-order valence-corrected chi connectivity index (χ4v) is 1.27. The average Bonchev–Trinajstić information content (AvgIpc) is 2.97. The van der Waals surface area contributed by atoms with Gasteiger partial charge < -0.3 is 4.74 Å². The smallest absolute Gasteiger partial charge is 0.186 e. The summed E-state index contributed by atoms with van der Waals surface area (Å²) in [5.74, 6) is -1.02. The lowest BCUT2D eigenvalue weighted by Crippen LogP contribution is -2.01. The quantitative estimate of drug-likeness (QED) is 0.707. The lowest BCUT2D eigenvalue weighted by molar-refractivity contribution is 0.284. The molecule has 0 saturated heterocycles. The van der Waals surface area contributed by atoms with E-state index >= 15 is 0 Å². The van der Waals surface area contributed by atoms with Gasteiger partial charge in [-0.05, 0) is 30.9 Å². The third-order valence-corrected chi connectivity index (χ3v) is 2.52. The van der Waals surface area contributed by atoms with Crippen LogP contribution in [0.1, 0.15) is 12.8 Å². The fraction of sp³-hybridized carbons (Fsp3) is 0.400. The van der Waals surface area contributed by atoms with Crippen LogP contribution in [0.2, 0.25) is 5.02 Å². The summed E-state index contributed by atoms with van der Waals surface area (Å²) < 4.78 is 31.2. The van der Waals surface area contributed by atoms with Crippen LogP contribution in [0, 0.1) is 17.6 Å². The summed E-state index contributed by atoms with van der Waals surface area (Å²) in [5, 5.41) is -0.502. The molecular weight excluding hydrogens is 210 g/mol. The molecule has 0 heterocycles. The summed E-state index contributed by atoms with van der Waals surface area (Å²) in [7, 11) is 0. The molecule has 1 aromatic rings. The number of rotatable bonds is 3. The first-order valence-electron chi connectivity index (χ1n) is 4.45. The molecule has 0 radical (unpaired) electrons. The van der Waals surface area contributed by atoms with E-state index in [1.165, 1.54) is 6.07 Å². The molecule has 0 amide bonds. The molecule has 1 nitrogen and oxygen atoms in total. The zero-order valence-electron chi connectivity index (χ0n) is 7.40. The van der Waals surface area contributed by atoms with Gasteiger partial charge in [0.2, 0.25) is 0 Å². The van der Waals surface area contributed by atoms with E-state index in [4.69, 9.17) is 16.3 Å². The van der Waals surface area contributed by atoms with E-state index in [2.05, 4.69) is 0 Å². The van der Waals surface area contributed by atoms with Gasteiger partial charge in [-0.15, -0.1) is 0 Å². The second kappa shape index (κ2) is 3.73. The standard InChI is InChI=1S/C10H9ClF2O/c11-9-7(12)3-4-8(10(9)13)14-5-6-1-2-6/h3-4,6H,1-2,5H2. The highest BCUT2D eigenvalue weighted by Gasteiger charge is 2.23. The largest absolute Gasteiger partial charge is 0.490 e. The predicted molar refractivity (Wildman–Crippen MR) is 49.6 cm³/mol. The van der Waals surface area contributed by atoms with Gasteiger partial charge in [-0.1, -0.05) is 11.6 Å². The molecule has 76 valence electrons. The van der Waals surface area contributed by atoms with Gasteiger partial charge in [0.25, 0.3) is 0 Å². The number of hydrogen-bond acceptors (Lipinski definition) is 1. The van der Waals surface area contributed by atoms with Crippen LogP contribution in [-0.2, 0) is 0 Å². The Bertz CT molecular complexity index is 350. The van der Waals surface area contributed by atoms with Crippen molar-refractivity contribution in [1.82, 2.24) is 0 Å². The van der Waals surface area contributed by atoms with Crippen molar-refractivity contribution in [2.24, 2.45) is 5.92 Å². The normalized spacial score (nSPS) is 15.6. The van der Waals surface area contributed by atoms with Gasteiger partial charge in [0.1, 0.15) is 10.8 Å². The third kappa shape index (κ3) is 1.98. The summed E-state index contributed by atoms with van der Waals surface area (Å²) in [6.45, 7) is 0.485. The molecule has 2 rings (SSSR count). The third-order valence-electron chi connectivity index (χ3n) is 2.17. The van der Waals surface area contributed by atoms with E-state index in [-0.39, 0.29) is 5.75 Å². The van der Waals surface area contributed by atoms with Crippen LogP contribution in [0.4, 0.5) is 8.78 Å². The van der Waals surface area contributed by atoms with Crippen LogP contribution in [0.25, 0.3) is 0 Å². The molecule has 1 aliphatic carbocycles. The van der Waals surface area contributed by atoms with Crippen molar-refractivity contribution in [2.75, 3.05) is 6.61 Å².